The highest BCUT2D eigenvalue weighted by Gasteiger charge is 2.24. The second-order valence-corrected chi connectivity index (χ2v) is 4.09. The molecule has 0 saturated heterocycles. The van der Waals surface area contributed by atoms with Crippen LogP contribution in [0.4, 0.5) is 0 Å². The molecule has 12 heavy (non-hydrogen) atoms. The van der Waals surface area contributed by atoms with Crippen molar-refractivity contribution in [2.24, 2.45) is 0 Å². The first-order valence-corrected chi connectivity index (χ1v) is 4.07. The highest BCUT2D eigenvalue weighted by atomic mass is 16.5. The molecule has 3 nitrogen and oxygen atoms in total. The maximum Gasteiger partial charge on any atom is 0.127 e. The van der Waals surface area contributed by atoms with E-state index in [0.29, 0.717) is 6.61 Å². The smallest absolute Gasteiger partial charge is 0.127 e. The average Bonchev–Trinajstić information content (AvgIpc) is 1.99. The lowest BCUT2D eigenvalue weighted by Crippen LogP contribution is -2.44. The molecule has 0 spiro atoms. The molecule has 0 rings (SSSR count). The number of likely N-dealkylation sites (N-methyl/N-ethyl adjacent to an activating group) is 1. The van der Waals surface area contributed by atoms with E-state index < -0.39 is 5.54 Å². The molecule has 0 aliphatic rings. The van der Waals surface area contributed by atoms with Gasteiger partial charge in [-0.1, -0.05) is 0 Å². The molecule has 0 fully saturated rings. The summed E-state index contributed by atoms with van der Waals surface area (Å²) in [6.45, 7) is 8.14. The molecular formula is C9H18N2O. The Morgan fingerprint density at radius 2 is 1.83 bits per heavy atom. The predicted octanol–water partition coefficient (Wildman–Crippen LogP) is 1.30. The summed E-state index contributed by atoms with van der Waals surface area (Å²) in [5, 5.41) is 11.7. The van der Waals surface area contributed by atoms with E-state index in [1.165, 1.54) is 0 Å². The first kappa shape index (κ1) is 11.4. The number of ether oxygens (including phenoxy) is 1. The van der Waals surface area contributed by atoms with E-state index in [9.17, 15) is 0 Å². The second-order valence-electron chi connectivity index (χ2n) is 4.09. The van der Waals surface area contributed by atoms with Gasteiger partial charge in [0, 0.05) is 0 Å². The van der Waals surface area contributed by atoms with Gasteiger partial charge in [-0.05, 0) is 34.7 Å². The van der Waals surface area contributed by atoms with Gasteiger partial charge in [0.25, 0.3) is 0 Å². The first-order valence-electron chi connectivity index (χ1n) is 4.07. The molecular weight excluding hydrogens is 152 g/mol. The zero-order valence-corrected chi connectivity index (χ0v) is 8.56. The van der Waals surface area contributed by atoms with Crippen LogP contribution < -0.4 is 5.32 Å². The van der Waals surface area contributed by atoms with Crippen LogP contribution in [0, 0.1) is 11.3 Å². The molecule has 0 bridgehead atoms. The quantitative estimate of drug-likeness (QED) is 0.694. The van der Waals surface area contributed by atoms with Gasteiger partial charge < -0.3 is 10.1 Å². The van der Waals surface area contributed by atoms with Crippen LogP contribution in [0.5, 0.6) is 0 Å². The summed E-state index contributed by atoms with van der Waals surface area (Å²) in [6.07, 6.45) is 0. The van der Waals surface area contributed by atoms with E-state index in [2.05, 4.69) is 11.4 Å². The van der Waals surface area contributed by atoms with Gasteiger partial charge in [0.15, 0.2) is 0 Å². The Kier molecular flexibility index (Phi) is 3.69. The van der Waals surface area contributed by atoms with Crippen LogP contribution in [-0.4, -0.2) is 24.8 Å². The molecule has 0 amide bonds. The highest BCUT2D eigenvalue weighted by Crippen LogP contribution is 2.11. The molecule has 0 aromatic rings. The summed E-state index contributed by atoms with van der Waals surface area (Å²) < 4.78 is 5.49. The zero-order valence-electron chi connectivity index (χ0n) is 8.56. The number of nitrogens with one attached hydrogen (secondary N) is 1. The van der Waals surface area contributed by atoms with Crippen LogP contribution in [0.15, 0.2) is 0 Å². The van der Waals surface area contributed by atoms with Crippen LogP contribution >= 0.6 is 0 Å². The normalized spacial score (nSPS) is 16.7. The maximum atomic E-state index is 8.79. The molecule has 0 saturated carbocycles. The molecule has 1 unspecified atom stereocenters. The molecule has 0 radical (unpaired) electrons. The average molecular weight is 170 g/mol. The van der Waals surface area contributed by atoms with Gasteiger partial charge in [0.2, 0.25) is 0 Å². The Morgan fingerprint density at radius 3 is 2.08 bits per heavy atom. The summed E-state index contributed by atoms with van der Waals surface area (Å²) in [6, 6.07) is 2.16. The van der Waals surface area contributed by atoms with Crippen molar-refractivity contribution in [2.45, 2.75) is 38.8 Å². The van der Waals surface area contributed by atoms with Crippen molar-refractivity contribution in [2.75, 3.05) is 13.7 Å². The number of hydrogen-bond acceptors (Lipinski definition) is 3. The predicted molar refractivity (Wildman–Crippen MR) is 48.8 cm³/mol. The van der Waals surface area contributed by atoms with Crippen molar-refractivity contribution in [1.82, 2.24) is 5.32 Å². The lowest BCUT2D eigenvalue weighted by atomic mass is 10.1. The van der Waals surface area contributed by atoms with Crippen LogP contribution in [-0.2, 0) is 4.74 Å². The molecule has 0 aliphatic heterocycles. The maximum absolute atomic E-state index is 8.79. The number of nitriles is 1. The van der Waals surface area contributed by atoms with Crippen LogP contribution in [0.1, 0.15) is 27.7 Å². The van der Waals surface area contributed by atoms with E-state index >= 15 is 0 Å². The Labute approximate surface area is 74.7 Å². The molecule has 1 atom stereocenters. The Morgan fingerprint density at radius 1 is 1.33 bits per heavy atom. The van der Waals surface area contributed by atoms with Crippen molar-refractivity contribution < 1.29 is 4.74 Å². The largest absolute Gasteiger partial charge is 0.373 e. The van der Waals surface area contributed by atoms with Gasteiger partial charge >= 0.3 is 0 Å². The summed E-state index contributed by atoms with van der Waals surface area (Å²) in [4.78, 5) is 0. The van der Waals surface area contributed by atoms with Crippen molar-refractivity contribution in [3.8, 4) is 6.07 Å². The van der Waals surface area contributed by atoms with E-state index in [1.807, 2.05) is 27.7 Å². The minimum Gasteiger partial charge on any atom is -0.373 e. The van der Waals surface area contributed by atoms with Gasteiger partial charge in [-0.15, -0.1) is 0 Å². The van der Waals surface area contributed by atoms with Gasteiger partial charge in [0.1, 0.15) is 5.54 Å². The Bertz CT molecular complexity index is 178. The summed E-state index contributed by atoms with van der Waals surface area (Å²) in [7, 11) is 1.76. The van der Waals surface area contributed by atoms with E-state index in [-0.39, 0.29) is 5.60 Å². The summed E-state index contributed by atoms with van der Waals surface area (Å²) >= 11 is 0. The van der Waals surface area contributed by atoms with Gasteiger partial charge in [-0.2, -0.15) is 5.26 Å². The standard InChI is InChI=1S/C9H18N2O/c1-8(2,3)12-7-9(4,6-10)11-5/h11H,7H2,1-5H3. The third kappa shape index (κ3) is 4.32. The third-order valence-electron chi connectivity index (χ3n) is 1.59. The number of nitrogens with zero attached hydrogens (tertiary/aromatic N) is 1. The molecule has 0 aliphatic carbocycles. The fourth-order valence-corrected chi connectivity index (χ4v) is 0.521. The SMILES string of the molecule is CNC(C)(C#N)COC(C)(C)C. The van der Waals surface area contributed by atoms with E-state index in [1.54, 1.807) is 7.05 Å². The number of rotatable bonds is 3. The molecule has 1 N–H and O–H groups in total. The van der Waals surface area contributed by atoms with Gasteiger partial charge in [0.05, 0.1) is 18.3 Å². The van der Waals surface area contributed by atoms with Crippen molar-refractivity contribution in [3.05, 3.63) is 0 Å². The number of hydrogen-bond donors (Lipinski definition) is 1. The molecule has 70 valence electrons. The second kappa shape index (κ2) is 3.88. The van der Waals surface area contributed by atoms with Crippen LogP contribution in [0.3, 0.4) is 0 Å². The lowest BCUT2D eigenvalue weighted by Gasteiger charge is -2.27. The topological polar surface area (TPSA) is 45.0 Å². The van der Waals surface area contributed by atoms with E-state index in [0.717, 1.165) is 0 Å². The van der Waals surface area contributed by atoms with Crippen molar-refractivity contribution >= 4 is 0 Å². The summed E-state index contributed by atoms with van der Waals surface area (Å²) in [5.41, 5.74) is -0.762. The first-order chi connectivity index (χ1) is 5.33. The van der Waals surface area contributed by atoms with Crippen LogP contribution in [0.2, 0.25) is 0 Å². The van der Waals surface area contributed by atoms with Crippen LogP contribution in [0.25, 0.3) is 0 Å². The van der Waals surface area contributed by atoms with Crippen molar-refractivity contribution in [1.29, 1.82) is 5.26 Å². The zero-order chi connectivity index (χ0) is 9.83. The minimum absolute atomic E-state index is 0.186. The minimum atomic E-state index is -0.576. The molecule has 0 heterocycles. The monoisotopic (exact) mass is 170 g/mol. The fraction of sp³-hybridized carbons (Fsp3) is 0.889. The fourth-order valence-electron chi connectivity index (χ4n) is 0.521. The molecule has 0 aromatic heterocycles. The van der Waals surface area contributed by atoms with Gasteiger partial charge in [-0.3, -0.25) is 0 Å². The Hall–Kier alpha value is -0.590. The molecule has 0 aromatic carbocycles. The molecule has 3 heteroatoms. The summed E-state index contributed by atoms with van der Waals surface area (Å²) in [5.74, 6) is 0. The Balaban J connectivity index is 4.01. The van der Waals surface area contributed by atoms with E-state index in [4.69, 9.17) is 10.00 Å². The van der Waals surface area contributed by atoms with Crippen molar-refractivity contribution in [3.63, 3.8) is 0 Å². The van der Waals surface area contributed by atoms with Gasteiger partial charge in [-0.25, -0.2) is 0 Å². The third-order valence-corrected chi connectivity index (χ3v) is 1.59. The lowest BCUT2D eigenvalue weighted by molar-refractivity contribution is -0.0220. The highest BCUT2D eigenvalue weighted by molar-refractivity contribution is 5.03.